The van der Waals surface area contributed by atoms with Crippen LogP contribution in [0, 0.1) is 0 Å². The van der Waals surface area contributed by atoms with Crippen molar-refractivity contribution in [3.05, 3.63) is 188 Å². The van der Waals surface area contributed by atoms with Crippen molar-refractivity contribution in [1.29, 1.82) is 0 Å². The maximum absolute atomic E-state index is 4.97. The molecule has 0 N–H and O–H groups in total. The summed E-state index contributed by atoms with van der Waals surface area (Å²) in [5.74, 6) is 1.96. The predicted molar refractivity (Wildman–Crippen MR) is 232 cm³/mol. The third-order valence-electron chi connectivity index (χ3n) is 10.5. The van der Waals surface area contributed by atoms with E-state index in [-0.39, 0.29) is 0 Å². The topological polar surface area (TPSA) is 56.5 Å². The molecule has 0 aliphatic carbocycles. The Balaban J connectivity index is 0.947. The van der Waals surface area contributed by atoms with Gasteiger partial charge >= 0.3 is 0 Å². The second-order valence-corrected chi connectivity index (χ2v) is 15.0. The van der Waals surface area contributed by atoms with Gasteiger partial charge in [-0.15, -0.1) is 11.3 Å². The van der Waals surface area contributed by atoms with Gasteiger partial charge in [0.15, 0.2) is 17.5 Å². The zero-order valence-electron chi connectivity index (χ0n) is 30.0. The Bertz CT molecular complexity index is 3150. The van der Waals surface area contributed by atoms with Gasteiger partial charge in [-0.05, 0) is 64.4 Å². The number of para-hydroxylation sites is 2. The number of rotatable bonds is 6. The van der Waals surface area contributed by atoms with Gasteiger partial charge in [-0.3, -0.25) is 0 Å². The van der Waals surface area contributed by atoms with Gasteiger partial charge in [0.25, 0.3) is 0 Å². The Morgan fingerprint density at radius 3 is 1.64 bits per heavy atom. The highest BCUT2D eigenvalue weighted by molar-refractivity contribution is 7.21. The van der Waals surface area contributed by atoms with Crippen molar-refractivity contribution < 1.29 is 0 Å². The SMILES string of the molecule is c1ccc(-c2nc(-c3ccccc3)nc(-c3ccc(-c4ccc5cc(-n6c7ccccc7c7ccc(-c8nc9ccccc9s8)cc76)ccc5c4)cc3)n2)cc1. The van der Waals surface area contributed by atoms with Crippen LogP contribution < -0.4 is 0 Å². The standard InChI is InChI=1S/C50H31N5S/c1-3-11-33(12-4-1)47-52-48(34-13-5-2-6-14-34)54-49(53-47)35-21-19-32(20-22-35)36-23-24-38-30-40(27-25-37(38)29-36)55-44-17-9-7-15-41(44)42-28-26-39(31-45(42)55)50-51-43-16-8-10-18-46(43)56-50/h1-31H. The fourth-order valence-corrected chi connectivity index (χ4v) is 8.64. The van der Waals surface area contributed by atoms with Crippen LogP contribution in [-0.4, -0.2) is 24.5 Å². The third kappa shape index (κ3) is 5.63. The van der Waals surface area contributed by atoms with Crippen molar-refractivity contribution in [2.24, 2.45) is 0 Å². The minimum Gasteiger partial charge on any atom is -0.309 e. The van der Waals surface area contributed by atoms with Crippen LogP contribution in [0.4, 0.5) is 0 Å². The van der Waals surface area contributed by atoms with Crippen LogP contribution in [0.1, 0.15) is 0 Å². The van der Waals surface area contributed by atoms with Gasteiger partial charge in [0.05, 0.1) is 21.3 Å². The van der Waals surface area contributed by atoms with Crippen LogP contribution in [0.5, 0.6) is 0 Å². The zero-order valence-corrected chi connectivity index (χ0v) is 30.9. The Morgan fingerprint density at radius 2 is 0.911 bits per heavy atom. The molecule has 8 aromatic carbocycles. The van der Waals surface area contributed by atoms with E-state index in [9.17, 15) is 0 Å². The second kappa shape index (κ2) is 13.2. The maximum atomic E-state index is 4.97. The van der Waals surface area contributed by atoms with E-state index >= 15 is 0 Å². The number of thiazole rings is 1. The fraction of sp³-hybridized carbons (Fsp3) is 0. The molecule has 0 spiro atoms. The quantitative estimate of drug-likeness (QED) is 0.171. The van der Waals surface area contributed by atoms with E-state index in [0.29, 0.717) is 17.5 Å². The summed E-state index contributed by atoms with van der Waals surface area (Å²) in [6.07, 6.45) is 0. The Hall–Kier alpha value is -7.28. The lowest BCUT2D eigenvalue weighted by Gasteiger charge is -2.11. The van der Waals surface area contributed by atoms with Crippen LogP contribution >= 0.6 is 11.3 Å². The van der Waals surface area contributed by atoms with E-state index in [4.69, 9.17) is 19.9 Å². The summed E-state index contributed by atoms with van der Waals surface area (Å²) in [4.78, 5) is 19.6. The molecule has 0 saturated heterocycles. The van der Waals surface area contributed by atoms with Crippen molar-refractivity contribution >= 4 is 54.1 Å². The van der Waals surface area contributed by atoms with Crippen LogP contribution in [0.15, 0.2) is 188 Å². The first-order valence-corrected chi connectivity index (χ1v) is 19.4. The average molecular weight is 734 g/mol. The lowest BCUT2D eigenvalue weighted by Crippen LogP contribution is -2.00. The summed E-state index contributed by atoms with van der Waals surface area (Å²) in [6.45, 7) is 0. The summed E-state index contributed by atoms with van der Waals surface area (Å²) in [5.41, 5.74) is 10.8. The highest BCUT2D eigenvalue weighted by Crippen LogP contribution is 2.38. The zero-order chi connectivity index (χ0) is 37.0. The van der Waals surface area contributed by atoms with Crippen molar-refractivity contribution in [3.8, 4) is 61.5 Å². The normalized spacial score (nSPS) is 11.6. The number of nitrogens with zero attached hydrogens (tertiary/aromatic N) is 5. The summed E-state index contributed by atoms with van der Waals surface area (Å²) >= 11 is 1.74. The first-order chi connectivity index (χ1) is 27.7. The molecule has 3 aromatic heterocycles. The van der Waals surface area contributed by atoms with Crippen LogP contribution in [0.3, 0.4) is 0 Å². The summed E-state index contributed by atoms with van der Waals surface area (Å²) < 4.78 is 3.59. The molecule has 0 atom stereocenters. The smallest absolute Gasteiger partial charge is 0.164 e. The molecular formula is C50H31N5S. The summed E-state index contributed by atoms with van der Waals surface area (Å²) in [5, 5.41) is 5.87. The molecule has 0 aliphatic rings. The highest BCUT2D eigenvalue weighted by atomic mass is 32.1. The molecule has 11 aromatic rings. The van der Waals surface area contributed by atoms with E-state index in [1.165, 1.54) is 37.3 Å². The Labute approximate surface area is 326 Å². The largest absolute Gasteiger partial charge is 0.309 e. The van der Waals surface area contributed by atoms with Crippen molar-refractivity contribution in [2.75, 3.05) is 0 Å². The Kier molecular flexibility index (Phi) is 7.60. The molecule has 5 nitrogen and oxygen atoms in total. The lowest BCUT2D eigenvalue weighted by molar-refractivity contribution is 1.07. The molecular weight excluding hydrogens is 703 g/mol. The summed E-state index contributed by atoms with van der Waals surface area (Å²) in [6, 6.07) is 65.9. The van der Waals surface area contributed by atoms with Gasteiger partial charge in [-0.25, -0.2) is 19.9 Å². The first kappa shape index (κ1) is 32.2. The molecule has 0 unspecified atom stereocenters. The number of benzene rings is 8. The molecule has 0 amide bonds. The number of fused-ring (bicyclic) bond motifs is 5. The van der Waals surface area contributed by atoms with E-state index in [0.717, 1.165) is 49.6 Å². The number of aromatic nitrogens is 5. The molecule has 0 aliphatic heterocycles. The molecule has 0 fully saturated rings. The van der Waals surface area contributed by atoms with E-state index in [2.05, 4.69) is 126 Å². The average Bonchev–Trinajstić information content (AvgIpc) is 3.86. The third-order valence-corrected chi connectivity index (χ3v) is 11.6. The van der Waals surface area contributed by atoms with Crippen molar-refractivity contribution in [2.45, 2.75) is 0 Å². The monoisotopic (exact) mass is 733 g/mol. The molecule has 0 radical (unpaired) electrons. The minimum absolute atomic E-state index is 0.646. The van der Waals surface area contributed by atoms with Crippen LogP contribution in [0.25, 0.3) is 104 Å². The van der Waals surface area contributed by atoms with Gasteiger partial charge in [0.1, 0.15) is 5.01 Å². The molecule has 3 heterocycles. The molecule has 0 saturated carbocycles. The van der Waals surface area contributed by atoms with E-state index in [1.807, 2.05) is 66.7 Å². The maximum Gasteiger partial charge on any atom is 0.164 e. The lowest BCUT2D eigenvalue weighted by atomic mass is 9.99. The molecule has 11 rings (SSSR count). The van der Waals surface area contributed by atoms with Gasteiger partial charge in [-0.2, -0.15) is 0 Å². The first-order valence-electron chi connectivity index (χ1n) is 18.6. The number of hydrogen-bond donors (Lipinski definition) is 0. The van der Waals surface area contributed by atoms with E-state index in [1.54, 1.807) is 11.3 Å². The summed E-state index contributed by atoms with van der Waals surface area (Å²) in [7, 11) is 0. The van der Waals surface area contributed by atoms with Gasteiger partial charge in [0.2, 0.25) is 0 Å². The van der Waals surface area contributed by atoms with E-state index < -0.39 is 0 Å². The predicted octanol–water partition coefficient (Wildman–Crippen LogP) is 13.1. The van der Waals surface area contributed by atoms with Crippen LogP contribution in [0.2, 0.25) is 0 Å². The molecule has 262 valence electrons. The molecule has 6 heteroatoms. The molecule has 0 bridgehead atoms. The Morgan fingerprint density at radius 1 is 0.357 bits per heavy atom. The fourth-order valence-electron chi connectivity index (χ4n) is 7.68. The molecule has 56 heavy (non-hydrogen) atoms. The van der Waals surface area contributed by atoms with Gasteiger partial charge in [-0.1, -0.05) is 146 Å². The second-order valence-electron chi connectivity index (χ2n) is 13.9. The van der Waals surface area contributed by atoms with Crippen LogP contribution in [-0.2, 0) is 0 Å². The highest BCUT2D eigenvalue weighted by Gasteiger charge is 2.16. The number of hydrogen-bond acceptors (Lipinski definition) is 5. The van der Waals surface area contributed by atoms with Crippen molar-refractivity contribution in [3.63, 3.8) is 0 Å². The van der Waals surface area contributed by atoms with Gasteiger partial charge < -0.3 is 4.57 Å². The van der Waals surface area contributed by atoms with Crippen molar-refractivity contribution in [1.82, 2.24) is 24.5 Å². The van der Waals surface area contributed by atoms with Gasteiger partial charge in [0, 0.05) is 38.7 Å². The minimum atomic E-state index is 0.646.